The summed E-state index contributed by atoms with van der Waals surface area (Å²) in [5.41, 5.74) is -0.271. The minimum absolute atomic E-state index is 0.0461. The number of aromatic nitrogens is 1. The zero-order chi connectivity index (χ0) is 11.9. The highest BCUT2D eigenvalue weighted by Crippen LogP contribution is 2.29. The number of carboxylic acids is 1. The van der Waals surface area contributed by atoms with Crippen LogP contribution in [0.3, 0.4) is 0 Å². The molecule has 0 amide bonds. The number of aromatic hydroxyl groups is 1. The molecule has 1 aromatic carbocycles. The minimum Gasteiger partial charge on any atom is -0.505 e. The standard InChI is InChI=1S/C11H8FNO3/c1-5-10(14)8(11(15)16)6-3-2-4-7(12)9(6)13-5/h2-4,14H,1H3,(H,15,16). The maximum absolute atomic E-state index is 13.4. The first-order valence-electron chi connectivity index (χ1n) is 4.53. The predicted octanol–water partition coefficient (Wildman–Crippen LogP) is 2.09. The number of pyridine rings is 1. The quantitative estimate of drug-likeness (QED) is 0.773. The van der Waals surface area contributed by atoms with Crippen molar-refractivity contribution in [1.29, 1.82) is 0 Å². The van der Waals surface area contributed by atoms with E-state index in [0.29, 0.717) is 0 Å². The van der Waals surface area contributed by atoms with E-state index >= 15 is 0 Å². The Bertz CT molecular complexity index is 595. The first kappa shape index (κ1) is 10.4. The lowest BCUT2D eigenvalue weighted by molar-refractivity contribution is 0.0695. The van der Waals surface area contributed by atoms with Crippen LogP contribution in [0.25, 0.3) is 10.9 Å². The number of nitrogens with zero attached hydrogens (tertiary/aromatic N) is 1. The van der Waals surface area contributed by atoms with Crippen molar-refractivity contribution in [1.82, 2.24) is 4.98 Å². The molecule has 0 saturated carbocycles. The molecular weight excluding hydrogens is 213 g/mol. The van der Waals surface area contributed by atoms with E-state index < -0.39 is 17.5 Å². The van der Waals surface area contributed by atoms with Crippen molar-refractivity contribution in [3.63, 3.8) is 0 Å². The number of aryl methyl sites for hydroxylation is 1. The van der Waals surface area contributed by atoms with Crippen LogP contribution in [0.15, 0.2) is 18.2 Å². The SMILES string of the molecule is Cc1nc2c(F)cccc2c(C(=O)O)c1O. The molecule has 5 heteroatoms. The number of rotatable bonds is 1. The van der Waals surface area contributed by atoms with Crippen LogP contribution >= 0.6 is 0 Å². The lowest BCUT2D eigenvalue weighted by Gasteiger charge is -2.07. The molecule has 1 heterocycles. The molecule has 0 spiro atoms. The second-order valence-corrected chi connectivity index (χ2v) is 3.36. The van der Waals surface area contributed by atoms with Crippen LogP contribution in [0, 0.1) is 12.7 Å². The summed E-state index contributed by atoms with van der Waals surface area (Å²) in [7, 11) is 0. The van der Waals surface area contributed by atoms with Gasteiger partial charge in [-0.2, -0.15) is 0 Å². The molecule has 0 aliphatic carbocycles. The minimum atomic E-state index is -1.31. The second-order valence-electron chi connectivity index (χ2n) is 3.36. The van der Waals surface area contributed by atoms with Gasteiger partial charge in [0.25, 0.3) is 0 Å². The lowest BCUT2D eigenvalue weighted by Crippen LogP contribution is -2.02. The molecule has 0 radical (unpaired) electrons. The number of para-hydroxylation sites is 1. The van der Waals surface area contributed by atoms with E-state index in [4.69, 9.17) is 5.11 Å². The Labute approximate surface area is 90.0 Å². The van der Waals surface area contributed by atoms with Crippen LogP contribution < -0.4 is 0 Å². The third-order valence-electron chi connectivity index (χ3n) is 2.33. The van der Waals surface area contributed by atoms with Gasteiger partial charge in [-0.25, -0.2) is 14.2 Å². The summed E-state index contributed by atoms with van der Waals surface area (Å²) in [6, 6.07) is 3.98. The molecule has 0 atom stereocenters. The Morgan fingerprint density at radius 2 is 2.12 bits per heavy atom. The first-order chi connectivity index (χ1) is 7.52. The molecule has 0 aliphatic rings. The van der Waals surface area contributed by atoms with E-state index in [1.54, 1.807) is 0 Å². The van der Waals surface area contributed by atoms with E-state index in [1.165, 1.54) is 25.1 Å². The van der Waals surface area contributed by atoms with Gasteiger partial charge in [0.2, 0.25) is 0 Å². The summed E-state index contributed by atoms with van der Waals surface area (Å²) < 4.78 is 13.4. The number of benzene rings is 1. The summed E-state index contributed by atoms with van der Waals surface area (Å²) >= 11 is 0. The van der Waals surface area contributed by atoms with Gasteiger partial charge in [-0.1, -0.05) is 12.1 Å². The average Bonchev–Trinajstić information content (AvgIpc) is 2.21. The Balaban J connectivity index is 3.00. The predicted molar refractivity (Wildman–Crippen MR) is 55.1 cm³/mol. The number of halogens is 1. The van der Waals surface area contributed by atoms with Crippen LogP contribution in [0.4, 0.5) is 4.39 Å². The fraction of sp³-hybridized carbons (Fsp3) is 0.0909. The zero-order valence-electron chi connectivity index (χ0n) is 8.36. The molecular formula is C11H8FNO3. The van der Waals surface area contributed by atoms with Crippen LogP contribution in [-0.2, 0) is 0 Å². The monoisotopic (exact) mass is 221 g/mol. The number of carboxylic acid groups (broad SMARTS) is 1. The molecule has 2 aromatic rings. The third kappa shape index (κ3) is 1.37. The van der Waals surface area contributed by atoms with Gasteiger partial charge in [0.1, 0.15) is 16.9 Å². The van der Waals surface area contributed by atoms with Crippen LogP contribution in [0.5, 0.6) is 5.75 Å². The highest BCUT2D eigenvalue weighted by molar-refractivity contribution is 6.05. The highest BCUT2D eigenvalue weighted by Gasteiger charge is 2.19. The maximum atomic E-state index is 13.4. The van der Waals surface area contributed by atoms with Gasteiger partial charge in [-0.3, -0.25) is 0 Å². The van der Waals surface area contributed by atoms with Gasteiger partial charge >= 0.3 is 5.97 Å². The highest BCUT2D eigenvalue weighted by atomic mass is 19.1. The number of hydrogen-bond acceptors (Lipinski definition) is 3. The van der Waals surface area contributed by atoms with E-state index in [0.717, 1.165) is 0 Å². The summed E-state index contributed by atoms with van der Waals surface area (Å²) in [6.45, 7) is 1.42. The van der Waals surface area contributed by atoms with Crippen molar-refractivity contribution in [3.8, 4) is 5.75 Å². The third-order valence-corrected chi connectivity index (χ3v) is 2.33. The van der Waals surface area contributed by atoms with Crippen LogP contribution in [0.1, 0.15) is 16.1 Å². The molecule has 2 rings (SSSR count). The molecule has 16 heavy (non-hydrogen) atoms. The molecule has 1 aromatic heterocycles. The molecule has 2 N–H and O–H groups in total. The van der Waals surface area contributed by atoms with Gasteiger partial charge in [0.05, 0.1) is 5.69 Å². The Morgan fingerprint density at radius 1 is 1.44 bits per heavy atom. The van der Waals surface area contributed by atoms with Gasteiger partial charge in [-0.15, -0.1) is 0 Å². The van der Waals surface area contributed by atoms with Crippen LogP contribution in [-0.4, -0.2) is 21.2 Å². The van der Waals surface area contributed by atoms with E-state index in [2.05, 4.69) is 4.98 Å². The van der Waals surface area contributed by atoms with E-state index in [9.17, 15) is 14.3 Å². The van der Waals surface area contributed by atoms with E-state index in [-0.39, 0.29) is 22.2 Å². The summed E-state index contributed by atoms with van der Waals surface area (Å²) in [5.74, 6) is -2.34. The number of aromatic carboxylic acids is 1. The molecule has 0 bridgehead atoms. The zero-order valence-corrected chi connectivity index (χ0v) is 8.36. The van der Waals surface area contributed by atoms with Crippen LogP contribution in [0.2, 0.25) is 0 Å². The summed E-state index contributed by atoms with van der Waals surface area (Å²) in [5, 5.41) is 18.7. The first-order valence-corrected chi connectivity index (χ1v) is 4.53. The normalized spacial score (nSPS) is 10.6. The van der Waals surface area contributed by atoms with Gasteiger partial charge in [-0.05, 0) is 13.0 Å². The smallest absolute Gasteiger partial charge is 0.340 e. The van der Waals surface area contributed by atoms with E-state index in [1.807, 2.05) is 0 Å². The van der Waals surface area contributed by atoms with Crippen molar-refractivity contribution in [3.05, 3.63) is 35.3 Å². The Hall–Kier alpha value is -2.17. The maximum Gasteiger partial charge on any atom is 0.340 e. The number of hydrogen-bond donors (Lipinski definition) is 2. The summed E-state index contributed by atoms with van der Waals surface area (Å²) in [6.07, 6.45) is 0. The molecule has 0 fully saturated rings. The molecule has 4 nitrogen and oxygen atoms in total. The van der Waals surface area contributed by atoms with Gasteiger partial charge in [0, 0.05) is 5.39 Å². The molecule has 0 saturated heterocycles. The van der Waals surface area contributed by atoms with Crippen molar-refractivity contribution < 1.29 is 19.4 Å². The average molecular weight is 221 g/mol. The number of carbonyl (C=O) groups is 1. The molecule has 0 unspecified atom stereocenters. The fourth-order valence-electron chi connectivity index (χ4n) is 1.58. The second kappa shape index (κ2) is 3.44. The number of fused-ring (bicyclic) bond motifs is 1. The molecule has 0 aliphatic heterocycles. The van der Waals surface area contributed by atoms with Gasteiger partial charge in [0.15, 0.2) is 5.75 Å². The topological polar surface area (TPSA) is 70.4 Å². The largest absolute Gasteiger partial charge is 0.505 e. The van der Waals surface area contributed by atoms with Crippen molar-refractivity contribution in [2.45, 2.75) is 6.92 Å². The molecule has 82 valence electrons. The lowest BCUT2D eigenvalue weighted by atomic mass is 10.1. The summed E-state index contributed by atoms with van der Waals surface area (Å²) in [4.78, 5) is 14.8. The van der Waals surface area contributed by atoms with Gasteiger partial charge < -0.3 is 10.2 Å². The van der Waals surface area contributed by atoms with Crippen molar-refractivity contribution in [2.24, 2.45) is 0 Å². The fourth-order valence-corrected chi connectivity index (χ4v) is 1.58. The Morgan fingerprint density at radius 3 is 2.75 bits per heavy atom. The van der Waals surface area contributed by atoms with Crippen molar-refractivity contribution in [2.75, 3.05) is 0 Å². The van der Waals surface area contributed by atoms with Crippen molar-refractivity contribution >= 4 is 16.9 Å². The Kier molecular flexibility index (Phi) is 2.23.